The van der Waals surface area contributed by atoms with Crippen molar-refractivity contribution in [2.24, 2.45) is 0 Å². The van der Waals surface area contributed by atoms with E-state index in [4.69, 9.17) is 0 Å². The molecule has 1 heteroatoms. The summed E-state index contributed by atoms with van der Waals surface area (Å²) in [6.45, 7) is 2.27. The molecule has 0 aliphatic carbocycles. The van der Waals surface area contributed by atoms with Crippen molar-refractivity contribution >= 4 is 0 Å². The number of hydrogen-bond acceptors (Lipinski definition) is 0. The molecule has 0 fully saturated rings. The first-order chi connectivity index (χ1) is 3.56. The third-order valence-electron chi connectivity index (χ3n) is 1.28. The Kier molecular flexibility index (Phi) is 4.01. The van der Waals surface area contributed by atoms with Gasteiger partial charge in [0.15, 0.2) is 0 Å². The molecule has 0 N–H and O–H groups in total. The molecule has 0 aromatic rings. The van der Waals surface area contributed by atoms with Gasteiger partial charge in [-0.1, -0.05) is 0 Å². The van der Waals surface area contributed by atoms with Crippen LogP contribution in [0.25, 0.3) is 0 Å². The van der Waals surface area contributed by atoms with Gasteiger partial charge in [-0.05, 0) is 0 Å². The number of hydrogen-bond donors (Lipinski definition) is 0. The maximum atomic E-state index is 2.48. The molecule has 0 amide bonds. The van der Waals surface area contributed by atoms with Crippen LogP contribution >= 0.6 is 0 Å². The Morgan fingerprint density at radius 1 is 1.12 bits per heavy atom. The molecule has 0 aromatic carbocycles. The fourth-order valence-corrected chi connectivity index (χ4v) is 2.92. The predicted octanol–water partition coefficient (Wildman–Crippen LogP) is 3.50. The second-order valence-corrected chi connectivity index (χ2v) is 12.4. The average molecular weight is 150 g/mol. The topological polar surface area (TPSA) is 0 Å². The zero-order chi connectivity index (χ0) is 6.62. The molecule has 0 aliphatic rings. The minimum atomic E-state index is -1.11. The molecule has 0 aliphatic heterocycles. The summed E-state index contributed by atoms with van der Waals surface area (Å²) in [5.74, 6) is 0. The van der Waals surface area contributed by atoms with Crippen LogP contribution in [0.3, 0.4) is 0 Å². The molecule has 0 saturated carbocycles. The Balaban J connectivity index is 3.11. The standard InChI is InChI=1S/C4H9.3CH3.Ti/c1-3-4-2;;;;/h1,3-4H2,2H3;3*1H3;. The monoisotopic (exact) mass is 150 g/mol. The molecule has 0 unspecified atom stereocenters. The molecule has 0 radical (unpaired) electrons. The van der Waals surface area contributed by atoms with Crippen LogP contribution in [0.4, 0.5) is 0 Å². The van der Waals surface area contributed by atoms with Crippen molar-refractivity contribution in [1.29, 1.82) is 0 Å². The summed E-state index contributed by atoms with van der Waals surface area (Å²) in [6.07, 6.45) is 2.84. The SMILES string of the molecule is CCC[CH2][Ti]([CH3])([CH3])[CH3]. The summed E-state index contributed by atoms with van der Waals surface area (Å²) in [6, 6.07) is 0. The van der Waals surface area contributed by atoms with Crippen molar-refractivity contribution in [3.63, 3.8) is 0 Å². The zero-order valence-corrected chi connectivity index (χ0v) is 8.18. The van der Waals surface area contributed by atoms with Crippen molar-refractivity contribution in [3.8, 4) is 0 Å². The van der Waals surface area contributed by atoms with Gasteiger partial charge in [0.1, 0.15) is 0 Å². The van der Waals surface area contributed by atoms with Crippen molar-refractivity contribution in [3.05, 3.63) is 0 Å². The Morgan fingerprint density at radius 2 is 1.62 bits per heavy atom. The van der Waals surface area contributed by atoms with Crippen molar-refractivity contribution in [1.82, 2.24) is 0 Å². The van der Waals surface area contributed by atoms with Crippen LogP contribution in [-0.2, 0) is 16.6 Å². The molecule has 0 nitrogen and oxygen atoms in total. The Labute approximate surface area is 57.0 Å². The van der Waals surface area contributed by atoms with Crippen LogP contribution in [0, 0.1) is 0 Å². The number of rotatable bonds is 3. The molecular weight excluding hydrogens is 132 g/mol. The third kappa shape index (κ3) is 6.71. The van der Waals surface area contributed by atoms with Crippen molar-refractivity contribution < 1.29 is 16.6 Å². The van der Waals surface area contributed by atoms with Gasteiger partial charge in [-0.3, -0.25) is 0 Å². The molecule has 0 atom stereocenters. The third-order valence-corrected chi connectivity index (χ3v) is 4.17. The molecule has 8 heavy (non-hydrogen) atoms. The van der Waals surface area contributed by atoms with E-state index in [9.17, 15) is 0 Å². The first-order valence-corrected chi connectivity index (χ1v) is 9.35. The zero-order valence-electron chi connectivity index (χ0n) is 6.62. The van der Waals surface area contributed by atoms with Crippen molar-refractivity contribution in [2.75, 3.05) is 0 Å². The van der Waals surface area contributed by atoms with Crippen LogP contribution in [0.15, 0.2) is 0 Å². The van der Waals surface area contributed by atoms with Crippen LogP contribution in [0.1, 0.15) is 19.8 Å². The minimum absolute atomic E-state index is 1.11. The van der Waals surface area contributed by atoms with Gasteiger partial charge in [-0.25, -0.2) is 0 Å². The second kappa shape index (κ2) is 3.69. The van der Waals surface area contributed by atoms with E-state index in [0.29, 0.717) is 0 Å². The summed E-state index contributed by atoms with van der Waals surface area (Å²) in [5, 5.41) is 7.45. The fraction of sp³-hybridized carbons (Fsp3) is 1.00. The first-order valence-electron chi connectivity index (χ1n) is 3.56. The Hall–Kier alpha value is 0.714. The second-order valence-electron chi connectivity index (χ2n) is 3.66. The van der Waals surface area contributed by atoms with E-state index in [1.165, 1.54) is 12.8 Å². The van der Waals surface area contributed by atoms with E-state index >= 15 is 0 Å². The van der Waals surface area contributed by atoms with Gasteiger partial charge >= 0.3 is 56.8 Å². The van der Waals surface area contributed by atoms with Gasteiger partial charge in [0, 0.05) is 0 Å². The van der Waals surface area contributed by atoms with Gasteiger partial charge in [-0.2, -0.15) is 0 Å². The molecule has 0 bridgehead atoms. The maximum absolute atomic E-state index is 2.48. The van der Waals surface area contributed by atoms with E-state index in [-0.39, 0.29) is 0 Å². The van der Waals surface area contributed by atoms with Crippen molar-refractivity contribution in [2.45, 2.75) is 40.2 Å². The Bertz CT molecular complexity index is 51.9. The van der Waals surface area contributed by atoms with Crippen LogP contribution in [0.5, 0.6) is 0 Å². The molecule has 50 valence electrons. The van der Waals surface area contributed by atoms with Gasteiger partial charge in [0.05, 0.1) is 0 Å². The molecule has 0 heterocycles. The normalized spacial score (nSPS) is 12.0. The predicted molar refractivity (Wildman–Crippen MR) is 37.3 cm³/mol. The summed E-state index contributed by atoms with van der Waals surface area (Å²) >= 11 is -1.11. The molecule has 0 aromatic heterocycles. The van der Waals surface area contributed by atoms with E-state index in [0.717, 1.165) is 0 Å². The summed E-state index contributed by atoms with van der Waals surface area (Å²) in [7, 11) is 0. The van der Waals surface area contributed by atoms with Gasteiger partial charge in [0.25, 0.3) is 0 Å². The first kappa shape index (κ1) is 8.71. The molecule has 0 saturated heterocycles. The quantitative estimate of drug-likeness (QED) is 0.540. The molecule has 0 rings (SSSR count). The molecular formula is C7H18Ti. The molecule has 0 spiro atoms. The summed E-state index contributed by atoms with van der Waals surface area (Å²) in [4.78, 5) is 0. The van der Waals surface area contributed by atoms with Gasteiger partial charge in [-0.15, -0.1) is 0 Å². The van der Waals surface area contributed by atoms with E-state index < -0.39 is 16.6 Å². The summed E-state index contributed by atoms with van der Waals surface area (Å²) in [5.41, 5.74) is 0. The average Bonchev–Trinajstić information content (AvgIpc) is 1.59. The van der Waals surface area contributed by atoms with Gasteiger partial charge < -0.3 is 0 Å². The Morgan fingerprint density at radius 3 is 1.75 bits per heavy atom. The van der Waals surface area contributed by atoms with Gasteiger partial charge in [0.2, 0.25) is 0 Å². The fourth-order valence-electron chi connectivity index (χ4n) is 0.707. The van der Waals surface area contributed by atoms with E-state index in [1.807, 2.05) is 0 Å². The van der Waals surface area contributed by atoms with E-state index in [1.54, 1.807) is 4.73 Å². The van der Waals surface area contributed by atoms with Crippen LogP contribution in [-0.4, -0.2) is 0 Å². The van der Waals surface area contributed by atoms with E-state index in [2.05, 4.69) is 22.6 Å². The number of unbranched alkanes of at least 4 members (excludes halogenated alkanes) is 1. The van der Waals surface area contributed by atoms with Crippen LogP contribution < -0.4 is 0 Å². The summed E-state index contributed by atoms with van der Waals surface area (Å²) < 4.78 is 1.55. The van der Waals surface area contributed by atoms with Crippen LogP contribution in [0.2, 0.25) is 20.4 Å².